The van der Waals surface area contributed by atoms with Crippen molar-refractivity contribution in [1.29, 1.82) is 0 Å². The van der Waals surface area contributed by atoms with Gasteiger partial charge in [0.1, 0.15) is 18.3 Å². The molecule has 0 aliphatic carbocycles. The van der Waals surface area contributed by atoms with Crippen molar-refractivity contribution in [2.75, 3.05) is 14.2 Å². The molecule has 0 spiro atoms. The van der Waals surface area contributed by atoms with Crippen LogP contribution in [0, 0.1) is 0 Å². The zero-order valence-corrected chi connectivity index (χ0v) is 8.44. The van der Waals surface area contributed by atoms with Gasteiger partial charge >= 0.3 is 0 Å². The number of Topliss-reactive ketones (excluding diaryl/α,β-unsaturated/α-hetero) is 1. The van der Waals surface area contributed by atoms with Crippen molar-refractivity contribution >= 4 is 5.78 Å². The number of carbonyl (C=O) groups is 1. The van der Waals surface area contributed by atoms with Crippen LogP contribution in [0.3, 0.4) is 0 Å². The standard InChI is InChI=1S/C9H16O4/c1-5-7(10)9(12-4)8(11-3)6(2)13-5/h5-6,8-9H,1-4H3. The minimum absolute atomic E-state index is 0.0487. The third kappa shape index (κ3) is 1.90. The number of ketones is 1. The Morgan fingerprint density at radius 3 is 2.31 bits per heavy atom. The maximum Gasteiger partial charge on any atom is 0.192 e. The first-order valence-corrected chi connectivity index (χ1v) is 4.36. The van der Waals surface area contributed by atoms with E-state index in [-0.39, 0.29) is 18.0 Å². The Kier molecular flexibility index (Phi) is 3.41. The summed E-state index contributed by atoms with van der Waals surface area (Å²) < 4.78 is 15.6. The van der Waals surface area contributed by atoms with Crippen LogP contribution in [-0.4, -0.2) is 44.4 Å². The van der Waals surface area contributed by atoms with Crippen molar-refractivity contribution in [3.63, 3.8) is 0 Å². The molecule has 76 valence electrons. The van der Waals surface area contributed by atoms with E-state index in [9.17, 15) is 4.79 Å². The van der Waals surface area contributed by atoms with Crippen LogP contribution in [0.2, 0.25) is 0 Å². The van der Waals surface area contributed by atoms with Crippen molar-refractivity contribution in [2.45, 2.75) is 38.3 Å². The summed E-state index contributed by atoms with van der Waals surface area (Å²) in [7, 11) is 3.07. The average molecular weight is 188 g/mol. The van der Waals surface area contributed by atoms with E-state index in [0.717, 1.165) is 0 Å². The van der Waals surface area contributed by atoms with E-state index < -0.39 is 12.2 Å². The van der Waals surface area contributed by atoms with Crippen LogP contribution in [0.15, 0.2) is 0 Å². The second-order valence-electron chi connectivity index (χ2n) is 3.24. The third-order valence-electron chi connectivity index (χ3n) is 2.39. The Hall–Kier alpha value is -0.450. The van der Waals surface area contributed by atoms with Crippen LogP contribution in [0.25, 0.3) is 0 Å². The molecule has 0 saturated carbocycles. The summed E-state index contributed by atoms with van der Waals surface area (Å²) in [6, 6.07) is 0. The Labute approximate surface area is 78.2 Å². The van der Waals surface area contributed by atoms with Gasteiger partial charge in [-0.05, 0) is 13.8 Å². The van der Waals surface area contributed by atoms with Crippen molar-refractivity contribution in [2.24, 2.45) is 0 Å². The molecule has 1 aliphatic rings. The van der Waals surface area contributed by atoms with Crippen LogP contribution in [-0.2, 0) is 19.0 Å². The normalized spacial score (nSPS) is 40.8. The summed E-state index contributed by atoms with van der Waals surface area (Å²) in [6.07, 6.45) is -1.30. The predicted molar refractivity (Wildman–Crippen MR) is 46.6 cm³/mol. The first-order chi connectivity index (χ1) is 6.11. The number of methoxy groups -OCH3 is 2. The van der Waals surface area contributed by atoms with E-state index in [2.05, 4.69) is 0 Å². The number of rotatable bonds is 2. The lowest BCUT2D eigenvalue weighted by atomic mass is 9.98. The van der Waals surface area contributed by atoms with Crippen LogP contribution in [0.5, 0.6) is 0 Å². The van der Waals surface area contributed by atoms with Crippen molar-refractivity contribution in [3.8, 4) is 0 Å². The number of hydrogen-bond acceptors (Lipinski definition) is 4. The van der Waals surface area contributed by atoms with Crippen molar-refractivity contribution in [1.82, 2.24) is 0 Å². The largest absolute Gasteiger partial charge is 0.376 e. The minimum atomic E-state index is -0.497. The number of hydrogen-bond donors (Lipinski definition) is 0. The molecule has 0 aromatic carbocycles. The second-order valence-corrected chi connectivity index (χ2v) is 3.24. The molecular weight excluding hydrogens is 172 g/mol. The topological polar surface area (TPSA) is 44.8 Å². The van der Waals surface area contributed by atoms with Gasteiger partial charge in [-0.15, -0.1) is 0 Å². The van der Waals surface area contributed by atoms with Crippen molar-refractivity contribution < 1.29 is 19.0 Å². The molecule has 1 saturated heterocycles. The molecule has 13 heavy (non-hydrogen) atoms. The molecule has 4 unspecified atom stereocenters. The molecule has 4 atom stereocenters. The quantitative estimate of drug-likeness (QED) is 0.629. The van der Waals surface area contributed by atoms with E-state index in [1.165, 1.54) is 7.11 Å². The second kappa shape index (κ2) is 4.17. The Bertz CT molecular complexity index is 192. The lowest BCUT2D eigenvalue weighted by Gasteiger charge is -2.36. The van der Waals surface area contributed by atoms with Gasteiger partial charge in [-0.25, -0.2) is 0 Å². The number of ether oxygens (including phenoxy) is 3. The highest BCUT2D eigenvalue weighted by Crippen LogP contribution is 2.21. The third-order valence-corrected chi connectivity index (χ3v) is 2.39. The molecule has 4 heteroatoms. The zero-order valence-electron chi connectivity index (χ0n) is 8.44. The van der Waals surface area contributed by atoms with Gasteiger partial charge in [-0.2, -0.15) is 0 Å². The van der Waals surface area contributed by atoms with Crippen LogP contribution in [0.1, 0.15) is 13.8 Å². The molecule has 4 nitrogen and oxygen atoms in total. The lowest BCUT2D eigenvalue weighted by Crippen LogP contribution is -2.54. The smallest absolute Gasteiger partial charge is 0.192 e. The molecule has 1 rings (SSSR count). The maximum atomic E-state index is 11.5. The van der Waals surface area contributed by atoms with Gasteiger partial charge in [0.25, 0.3) is 0 Å². The SMILES string of the molecule is COC1C(=O)C(C)OC(C)C1OC. The summed E-state index contributed by atoms with van der Waals surface area (Å²) in [5.74, 6) is -0.0487. The molecule has 1 fully saturated rings. The fourth-order valence-electron chi connectivity index (χ4n) is 1.67. The zero-order chi connectivity index (χ0) is 10.0. The Morgan fingerprint density at radius 1 is 1.23 bits per heavy atom. The summed E-state index contributed by atoms with van der Waals surface area (Å²) >= 11 is 0. The van der Waals surface area contributed by atoms with Gasteiger partial charge in [0, 0.05) is 14.2 Å². The van der Waals surface area contributed by atoms with E-state index >= 15 is 0 Å². The van der Waals surface area contributed by atoms with Gasteiger partial charge < -0.3 is 14.2 Å². The molecule has 1 heterocycles. The van der Waals surface area contributed by atoms with Crippen LogP contribution in [0.4, 0.5) is 0 Å². The summed E-state index contributed by atoms with van der Waals surface area (Å²) in [5.41, 5.74) is 0. The van der Waals surface area contributed by atoms with Gasteiger partial charge in [0.05, 0.1) is 6.10 Å². The predicted octanol–water partition coefficient (Wildman–Crippen LogP) is 0.393. The van der Waals surface area contributed by atoms with E-state index in [1.807, 2.05) is 6.92 Å². The minimum Gasteiger partial charge on any atom is -0.376 e. The monoisotopic (exact) mass is 188 g/mol. The first kappa shape index (κ1) is 10.6. The van der Waals surface area contributed by atoms with E-state index in [0.29, 0.717) is 0 Å². The fourth-order valence-corrected chi connectivity index (χ4v) is 1.67. The highest BCUT2D eigenvalue weighted by molar-refractivity contribution is 5.88. The average Bonchev–Trinajstić information content (AvgIpc) is 2.10. The first-order valence-electron chi connectivity index (χ1n) is 4.36. The van der Waals surface area contributed by atoms with Gasteiger partial charge in [-0.3, -0.25) is 4.79 Å². The Morgan fingerprint density at radius 2 is 1.85 bits per heavy atom. The molecule has 0 amide bonds. The number of carbonyl (C=O) groups excluding carboxylic acids is 1. The highest BCUT2D eigenvalue weighted by atomic mass is 16.6. The summed E-state index contributed by atoms with van der Waals surface area (Å²) in [6.45, 7) is 3.61. The molecule has 0 aromatic rings. The van der Waals surface area contributed by atoms with Gasteiger partial charge in [0.15, 0.2) is 5.78 Å². The maximum absolute atomic E-state index is 11.5. The van der Waals surface area contributed by atoms with Gasteiger partial charge in [-0.1, -0.05) is 0 Å². The molecule has 0 aromatic heterocycles. The molecular formula is C9H16O4. The molecule has 0 bridgehead atoms. The van der Waals surface area contributed by atoms with Crippen molar-refractivity contribution in [3.05, 3.63) is 0 Å². The fraction of sp³-hybridized carbons (Fsp3) is 0.889. The van der Waals surface area contributed by atoms with Crippen LogP contribution < -0.4 is 0 Å². The lowest BCUT2D eigenvalue weighted by molar-refractivity contribution is -0.186. The Balaban J connectivity index is 2.77. The van der Waals surface area contributed by atoms with Gasteiger partial charge in [0.2, 0.25) is 0 Å². The van der Waals surface area contributed by atoms with E-state index in [1.54, 1.807) is 14.0 Å². The molecule has 0 radical (unpaired) electrons. The summed E-state index contributed by atoms with van der Waals surface area (Å²) in [4.78, 5) is 11.5. The molecule has 0 N–H and O–H groups in total. The van der Waals surface area contributed by atoms with E-state index in [4.69, 9.17) is 14.2 Å². The highest BCUT2D eigenvalue weighted by Gasteiger charge is 2.41. The molecule has 1 aliphatic heterocycles. The van der Waals surface area contributed by atoms with Crippen LogP contribution >= 0.6 is 0 Å². The summed E-state index contributed by atoms with van der Waals surface area (Å²) in [5, 5.41) is 0.